The van der Waals surface area contributed by atoms with Crippen molar-refractivity contribution in [3.05, 3.63) is 138 Å². The number of allylic oxidation sites excluding steroid dienone is 1. The number of aromatic nitrogens is 3. The summed E-state index contributed by atoms with van der Waals surface area (Å²) in [5.74, 6) is 1.64. The molecular formula is C35H29Br2ClN4O4S. The molecule has 1 aliphatic rings. The maximum absolute atomic E-state index is 13.8. The number of hydrogen-bond donors (Lipinski definition) is 1. The van der Waals surface area contributed by atoms with E-state index in [2.05, 4.69) is 37.2 Å². The lowest BCUT2D eigenvalue weighted by molar-refractivity contribution is -0.140. The van der Waals surface area contributed by atoms with Crippen LogP contribution in [0.5, 0.6) is 11.5 Å². The number of esters is 1. The van der Waals surface area contributed by atoms with Gasteiger partial charge in [0.15, 0.2) is 11.5 Å². The van der Waals surface area contributed by atoms with Crippen LogP contribution in [0, 0.1) is 0 Å². The van der Waals surface area contributed by atoms with Crippen molar-refractivity contribution in [2.24, 2.45) is 0 Å². The SMILES string of the molecule is COc1cc(C2C(C(=O)OCc3ccccc3)=C(C)Nc3nc(SCc4ccccc4Cl)nn32)cc(Br)c1OCc1ccc(Br)cc1. The maximum Gasteiger partial charge on any atom is 0.338 e. The molecule has 5 aromatic rings. The van der Waals surface area contributed by atoms with Crippen LogP contribution in [0.1, 0.15) is 35.2 Å². The Morgan fingerprint density at radius 3 is 2.45 bits per heavy atom. The van der Waals surface area contributed by atoms with Crippen molar-refractivity contribution in [3.8, 4) is 11.5 Å². The van der Waals surface area contributed by atoms with Crippen LogP contribution in [-0.4, -0.2) is 27.8 Å². The molecule has 6 rings (SSSR count). The molecule has 1 aliphatic heterocycles. The second-order valence-electron chi connectivity index (χ2n) is 10.6. The Labute approximate surface area is 298 Å². The molecule has 1 N–H and O–H groups in total. The van der Waals surface area contributed by atoms with E-state index in [9.17, 15) is 4.79 Å². The van der Waals surface area contributed by atoms with E-state index in [1.54, 1.807) is 11.8 Å². The average molecular weight is 797 g/mol. The number of halogens is 3. The van der Waals surface area contributed by atoms with Crippen molar-refractivity contribution < 1.29 is 19.0 Å². The number of benzene rings is 4. The zero-order valence-electron chi connectivity index (χ0n) is 25.4. The standard InChI is InChI=1S/C35H29Br2ClN4O4S/c1-21-30(33(43)46-19-22-8-4-3-5-9-22)31(42-34(39-21)40-35(41-42)47-20-24-10-6-7-11-28(24)38)25-16-27(37)32(29(17-25)44-2)45-18-23-12-14-26(36)15-13-23/h3-17,31H,18-20H2,1-2H3,(H,39,40,41). The van der Waals surface area contributed by atoms with Gasteiger partial charge in [0.25, 0.3) is 0 Å². The highest BCUT2D eigenvalue weighted by atomic mass is 79.9. The second kappa shape index (κ2) is 15.0. The van der Waals surface area contributed by atoms with E-state index in [0.29, 0.717) is 55.7 Å². The van der Waals surface area contributed by atoms with Gasteiger partial charge in [-0.25, -0.2) is 9.48 Å². The zero-order valence-corrected chi connectivity index (χ0v) is 30.1. The van der Waals surface area contributed by atoms with Gasteiger partial charge in [-0.2, -0.15) is 4.98 Å². The maximum atomic E-state index is 13.8. The minimum Gasteiger partial charge on any atom is -0.493 e. The molecule has 0 radical (unpaired) electrons. The molecule has 0 amide bonds. The molecule has 2 heterocycles. The molecule has 0 aliphatic carbocycles. The highest BCUT2D eigenvalue weighted by Gasteiger charge is 2.36. The summed E-state index contributed by atoms with van der Waals surface area (Å²) < 4.78 is 21.2. The molecule has 0 spiro atoms. The van der Waals surface area contributed by atoms with Gasteiger partial charge in [0, 0.05) is 20.9 Å². The fraction of sp³-hybridized carbons (Fsp3) is 0.171. The van der Waals surface area contributed by atoms with Crippen LogP contribution in [0.25, 0.3) is 0 Å². The molecule has 0 bridgehead atoms. The quantitative estimate of drug-likeness (QED) is 0.105. The molecule has 4 aromatic carbocycles. The molecule has 240 valence electrons. The number of carbonyl (C=O) groups excluding carboxylic acids is 1. The van der Waals surface area contributed by atoms with E-state index in [0.717, 1.165) is 26.7 Å². The highest BCUT2D eigenvalue weighted by Crippen LogP contribution is 2.44. The van der Waals surface area contributed by atoms with Crippen LogP contribution < -0.4 is 14.8 Å². The highest BCUT2D eigenvalue weighted by molar-refractivity contribution is 9.10. The Hall–Kier alpha value is -3.77. The number of ether oxygens (including phenoxy) is 3. The first kappa shape index (κ1) is 33.1. The van der Waals surface area contributed by atoms with Gasteiger partial charge in [-0.3, -0.25) is 0 Å². The summed E-state index contributed by atoms with van der Waals surface area (Å²) in [5, 5.41) is 9.35. The molecule has 47 heavy (non-hydrogen) atoms. The smallest absolute Gasteiger partial charge is 0.338 e. The van der Waals surface area contributed by atoms with E-state index in [4.69, 9.17) is 35.9 Å². The number of nitrogens with zero attached hydrogens (tertiary/aromatic N) is 3. The second-order valence-corrected chi connectivity index (χ2v) is 13.7. The molecule has 0 fully saturated rings. The first-order valence-electron chi connectivity index (χ1n) is 14.6. The lowest BCUT2D eigenvalue weighted by Gasteiger charge is -2.29. The number of nitrogens with one attached hydrogen (secondary N) is 1. The summed E-state index contributed by atoms with van der Waals surface area (Å²) in [5.41, 5.74) is 4.60. The Kier molecular flexibility index (Phi) is 10.6. The lowest BCUT2D eigenvalue weighted by atomic mass is 9.95. The summed E-state index contributed by atoms with van der Waals surface area (Å²) >= 11 is 15.0. The van der Waals surface area contributed by atoms with E-state index in [1.165, 1.54) is 11.8 Å². The molecule has 1 aromatic heterocycles. The number of fused-ring (bicyclic) bond motifs is 1. The third-order valence-electron chi connectivity index (χ3n) is 7.44. The van der Waals surface area contributed by atoms with Gasteiger partial charge in [-0.05, 0) is 75.4 Å². The summed E-state index contributed by atoms with van der Waals surface area (Å²) in [7, 11) is 1.58. The normalized spacial score (nSPS) is 13.9. The number of anilines is 1. The molecule has 0 saturated heterocycles. The van der Waals surface area contributed by atoms with Gasteiger partial charge in [-0.1, -0.05) is 100.0 Å². The number of rotatable bonds is 11. The van der Waals surface area contributed by atoms with Gasteiger partial charge >= 0.3 is 5.97 Å². The van der Waals surface area contributed by atoms with E-state index in [-0.39, 0.29) is 6.61 Å². The van der Waals surface area contributed by atoms with Crippen LogP contribution in [0.4, 0.5) is 5.95 Å². The summed E-state index contributed by atoms with van der Waals surface area (Å²) in [6, 6.07) is 28.3. The molecule has 12 heteroatoms. The largest absolute Gasteiger partial charge is 0.493 e. The topological polar surface area (TPSA) is 87.5 Å². The minimum atomic E-state index is -0.678. The van der Waals surface area contributed by atoms with Crippen LogP contribution in [-0.2, 0) is 28.5 Å². The third kappa shape index (κ3) is 7.70. The molecule has 0 saturated carbocycles. The average Bonchev–Trinajstić information content (AvgIpc) is 3.48. The number of hydrogen-bond acceptors (Lipinski definition) is 8. The molecule has 8 nitrogen and oxygen atoms in total. The van der Waals surface area contributed by atoms with Crippen molar-refractivity contribution in [1.29, 1.82) is 0 Å². The Morgan fingerprint density at radius 2 is 1.70 bits per heavy atom. The summed E-state index contributed by atoms with van der Waals surface area (Å²) in [6.45, 7) is 2.30. The zero-order chi connectivity index (χ0) is 32.9. The molecular weight excluding hydrogens is 768 g/mol. The third-order valence-corrected chi connectivity index (χ3v) is 9.82. The predicted molar refractivity (Wildman–Crippen MR) is 191 cm³/mol. The van der Waals surface area contributed by atoms with Gasteiger partial charge in [0.1, 0.15) is 19.3 Å². The van der Waals surface area contributed by atoms with E-state index >= 15 is 0 Å². The number of thioether (sulfide) groups is 1. The fourth-order valence-corrected chi connectivity index (χ4v) is 7.05. The summed E-state index contributed by atoms with van der Waals surface area (Å²) in [4.78, 5) is 18.6. The Balaban J connectivity index is 1.35. The Morgan fingerprint density at radius 1 is 0.979 bits per heavy atom. The van der Waals surface area contributed by atoms with Gasteiger partial charge in [-0.15, -0.1) is 5.10 Å². The van der Waals surface area contributed by atoms with Crippen LogP contribution in [0.3, 0.4) is 0 Å². The number of carbonyl (C=O) groups is 1. The van der Waals surface area contributed by atoms with Gasteiger partial charge < -0.3 is 19.5 Å². The minimum absolute atomic E-state index is 0.127. The first-order valence-corrected chi connectivity index (χ1v) is 17.5. The van der Waals surface area contributed by atoms with E-state index < -0.39 is 12.0 Å². The van der Waals surface area contributed by atoms with Crippen molar-refractivity contribution in [3.63, 3.8) is 0 Å². The predicted octanol–water partition coefficient (Wildman–Crippen LogP) is 9.37. The van der Waals surface area contributed by atoms with Crippen LogP contribution >= 0.6 is 55.2 Å². The lowest BCUT2D eigenvalue weighted by Crippen LogP contribution is -2.29. The van der Waals surface area contributed by atoms with Crippen LogP contribution in [0.2, 0.25) is 5.02 Å². The Bertz CT molecular complexity index is 1940. The van der Waals surface area contributed by atoms with Crippen molar-refractivity contribution in [1.82, 2.24) is 14.8 Å². The molecule has 1 unspecified atom stereocenters. The van der Waals surface area contributed by atoms with E-state index in [1.807, 2.05) is 97.9 Å². The van der Waals surface area contributed by atoms with Gasteiger partial charge in [0.05, 0.1) is 17.2 Å². The fourth-order valence-electron chi connectivity index (χ4n) is 5.10. The molecule has 1 atom stereocenters. The monoisotopic (exact) mass is 794 g/mol. The first-order chi connectivity index (χ1) is 22.8. The van der Waals surface area contributed by atoms with Crippen molar-refractivity contribution >= 4 is 67.1 Å². The van der Waals surface area contributed by atoms with Crippen molar-refractivity contribution in [2.75, 3.05) is 12.4 Å². The van der Waals surface area contributed by atoms with Crippen molar-refractivity contribution in [2.45, 2.75) is 37.1 Å². The summed E-state index contributed by atoms with van der Waals surface area (Å²) in [6.07, 6.45) is 0. The van der Waals surface area contributed by atoms with Crippen LogP contribution in [0.15, 0.2) is 116 Å². The van der Waals surface area contributed by atoms with Gasteiger partial charge in [0.2, 0.25) is 11.1 Å². The number of methoxy groups -OCH3 is 1.